The number of hydrogen-bond acceptors (Lipinski definition) is 3. The van der Waals surface area contributed by atoms with Crippen LogP contribution in [0.1, 0.15) is 5.56 Å². The zero-order valence-electron chi connectivity index (χ0n) is 11.6. The Morgan fingerprint density at radius 1 is 1.14 bits per heavy atom. The highest BCUT2D eigenvalue weighted by Crippen LogP contribution is 2.26. The molecule has 0 saturated carbocycles. The number of halogens is 1. The maximum absolute atomic E-state index is 6.01. The third-order valence-corrected chi connectivity index (χ3v) is 3.60. The molecule has 0 radical (unpaired) electrons. The summed E-state index contributed by atoms with van der Waals surface area (Å²) in [6.07, 6.45) is 1.78. The van der Waals surface area contributed by atoms with E-state index < -0.39 is 0 Å². The molecule has 0 unspecified atom stereocenters. The van der Waals surface area contributed by atoms with Crippen molar-refractivity contribution in [3.8, 4) is 5.75 Å². The van der Waals surface area contributed by atoms with Gasteiger partial charge < -0.3 is 10.1 Å². The summed E-state index contributed by atoms with van der Waals surface area (Å²) in [4.78, 5) is 4.34. The van der Waals surface area contributed by atoms with Gasteiger partial charge in [-0.1, -0.05) is 29.8 Å². The number of ether oxygens (including phenoxy) is 1. The number of hydrogen-bond donors (Lipinski definition) is 1. The van der Waals surface area contributed by atoms with Crippen LogP contribution in [0.15, 0.2) is 54.7 Å². The molecular formula is C17H15ClN2O. The molecule has 0 saturated heterocycles. The lowest BCUT2D eigenvalue weighted by Gasteiger charge is -2.12. The molecule has 3 nitrogen and oxygen atoms in total. The van der Waals surface area contributed by atoms with Crippen molar-refractivity contribution in [1.29, 1.82) is 0 Å². The average Bonchev–Trinajstić information content (AvgIpc) is 2.52. The van der Waals surface area contributed by atoms with Crippen LogP contribution >= 0.6 is 11.6 Å². The van der Waals surface area contributed by atoms with E-state index in [2.05, 4.69) is 10.3 Å². The van der Waals surface area contributed by atoms with Crippen molar-refractivity contribution in [3.05, 3.63) is 65.3 Å². The zero-order chi connectivity index (χ0) is 14.7. The maximum Gasteiger partial charge on any atom is 0.123 e. The van der Waals surface area contributed by atoms with Gasteiger partial charge in [-0.2, -0.15) is 0 Å². The number of benzene rings is 2. The molecule has 2 aromatic carbocycles. The van der Waals surface area contributed by atoms with Crippen molar-refractivity contribution >= 4 is 28.2 Å². The fourth-order valence-electron chi connectivity index (χ4n) is 2.31. The fraction of sp³-hybridized carbons (Fsp3) is 0.118. The number of pyridine rings is 1. The molecule has 3 rings (SSSR count). The van der Waals surface area contributed by atoms with Gasteiger partial charge in [0.15, 0.2) is 0 Å². The van der Waals surface area contributed by atoms with Crippen LogP contribution in [0, 0.1) is 0 Å². The van der Waals surface area contributed by atoms with Crippen LogP contribution in [0.5, 0.6) is 5.75 Å². The van der Waals surface area contributed by atoms with Gasteiger partial charge in [0.2, 0.25) is 0 Å². The lowest BCUT2D eigenvalue weighted by atomic mass is 10.1. The van der Waals surface area contributed by atoms with E-state index in [1.807, 2.05) is 48.5 Å². The lowest BCUT2D eigenvalue weighted by molar-refractivity contribution is 0.410. The monoisotopic (exact) mass is 298 g/mol. The summed E-state index contributed by atoms with van der Waals surface area (Å²) in [6, 6.07) is 15.7. The number of methoxy groups -OCH3 is 1. The molecule has 0 fully saturated rings. The van der Waals surface area contributed by atoms with Gasteiger partial charge in [-0.15, -0.1) is 0 Å². The topological polar surface area (TPSA) is 34.1 Å². The third kappa shape index (κ3) is 2.93. The fourth-order valence-corrected chi connectivity index (χ4v) is 2.48. The molecular weight excluding hydrogens is 284 g/mol. The molecule has 0 aliphatic rings. The number of nitrogens with one attached hydrogen (secondary N) is 1. The minimum Gasteiger partial charge on any atom is -0.496 e. The number of anilines is 1. The van der Waals surface area contributed by atoms with E-state index in [-0.39, 0.29) is 0 Å². The Morgan fingerprint density at radius 3 is 2.86 bits per heavy atom. The van der Waals surface area contributed by atoms with Crippen LogP contribution in [0.25, 0.3) is 10.9 Å². The number of rotatable bonds is 4. The van der Waals surface area contributed by atoms with E-state index in [1.165, 1.54) is 0 Å². The Kier molecular flexibility index (Phi) is 3.93. The van der Waals surface area contributed by atoms with Crippen LogP contribution in [0.3, 0.4) is 0 Å². The van der Waals surface area contributed by atoms with Gasteiger partial charge in [-0.05, 0) is 30.3 Å². The summed E-state index contributed by atoms with van der Waals surface area (Å²) >= 11 is 6.01. The van der Waals surface area contributed by atoms with E-state index in [0.29, 0.717) is 11.6 Å². The second kappa shape index (κ2) is 6.02. The Balaban J connectivity index is 1.88. The van der Waals surface area contributed by atoms with Crippen molar-refractivity contribution in [2.45, 2.75) is 6.54 Å². The molecule has 1 N–H and O–H groups in total. The van der Waals surface area contributed by atoms with Gasteiger partial charge in [0, 0.05) is 34.4 Å². The SMILES string of the molecule is COc1ccccc1CNc1ccnc2cc(Cl)ccc12. The first kappa shape index (κ1) is 13.7. The summed E-state index contributed by atoms with van der Waals surface area (Å²) in [5, 5.41) is 5.18. The molecule has 0 aliphatic heterocycles. The highest BCUT2D eigenvalue weighted by molar-refractivity contribution is 6.31. The minimum absolute atomic E-state index is 0.686. The van der Waals surface area contributed by atoms with Gasteiger partial charge >= 0.3 is 0 Å². The first-order chi connectivity index (χ1) is 10.3. The largest absolute Gasteiger partial charge is 0.496 e. The van der Waals surface area contributed by atoms with Gasteiger partial charge in [-0.3, -0.25) is 4.98 Å². The Bertz CT molecular complexity index is 774. The first-order valence-corrected chi connectivity index (χ1v) is 7.06. The van der Waals surface area contributed by atoms with Gasteiger partial charge in [0.1, 0.15) is 5.75 Å². The van der Waals surface area contributed by atoms with Crippen LogP contribution in [0.2, 0.25) is 5.02 Å². The summed E-state index contributed by atoms with van der Waals surface area (Å²) in [7, 11) is 1.68. The summed E-state index contributed by atoms with van der Waals surface area (Å²) in [5.74, 6) is 0.881. The van der Waals surface area contributed by atoms with Crippen molar-refractivity contribution in [3.63, 3.8) is 0 Å². The Hall–Kier alpha value is -2.26. The predicted octanol–water partition coefficient (Wildman–Crippen LogP) is 4.51. The van der Waals surface area contributed by atoms with Crippen molar-refractivity contribution in [2.24, 2.45) is 0 Å². The molecule has 0 spiro atoms. The van der Waals surface area contributed by atoms with Crippen molar-refractivity contribution in [1.82, 2.24) is 4.98 Å². The Labute approximate surface area is 128 Å². The standard InChI is InChI=1S/C17H15ClN2O/c1-21-17-5-3-2-4-12(17)11-20-15-8-9-19-16-10-13(18)6-7-14(15)16/h2-10H,11H2,1H3,(H,19,20). The molecule has 0 aliphatic carbocycles. The molecule has 3 aromatic rings. The van der Waals surface area contributed by atoms with Crippen LogP contribution < -0.4 is 10.1 Å². The predicted molar refractivity (Wildman–Crippen MR) is 87.1 cm³/mol. The van der Waals surface area contributed by atoms with Crippen LogP contribution in [-0.2, 0) is 6.54 Å². The third-order valence-electron chi connectivity index (χ3n) is 3.37. The molecule has 1 aromatic heterocycles. The highest BCUT2D eigenvalue weighted by atomic mass is 35.5. The molecule has 0 amide bonds. The number of fused-ring (bicyclic) bond motifs is 1. The van der Waals surface area contributed by atoms with E-state index in [1.54, 1.807) is 13.3 Å². The summed E-state index contributed by atoms with van der Waals surface area (Å²) in [6.45, 7) is 0.686. The second-order valence-corrected chi connectivity index (χ2v) is 5.12. The lowest BCUT2D eigenvalue weighted by Crippen LogP contribution is -2.02. The summed E-state index contributed by atoms with van der Waals surface area (Å²) in [5.41, 5.74) is 3.02. The van der Waals surface area contributed by atoms with Crippen molar-refractivity contribution < 1.29 is 4.74 Å². The molecule has 0 bridgehead atoms. The van der Waals surface area contributed by atoms with Gasteiger partial charge in [0.05, 0.1) is 12.6 Å². The zero-order valence-corrected chi connectivity index (χ0v) is 12.4. The highest BCUT2D eigenvalue weighted by Gasteiger charge is 2.05. The van der Waals surface area contributed by atoms with Gasteiger partial charge in [-0.25, -0.2) is 0 Å². The number of para-hydroxylation sites is 1. The van der Waals surface area contributed by atoms with E-state index >= 15 is 0 Å². The van der Waals surface area contributed by atoms with Crippen LogP contribution in [0.4, 0.5) is 5.69 Å². The molecule has 1 heterocycles. The smallest absolute Gasteiger partial charge is 0.123 e. The number of nitrogens with zero attached hydrogens (tertiary/aromatic N) is 1. The Morgan fingerprint density at radius 2 is 2.00 bits per heavy atom. The minimum atomic E-state index is 0.686. The van der Waals surface area contributed by atoms with Crippen molar-refractivity contribution in [2.75, 3.05) is 12.4 Å². The normalized spacial score (nSPS) is 10.6. The molecule has 4 heteroatoms. The van der Waals surface area contributed by atoms with E-state index in [0.717, 1.165) is 27.9 Å². The van der Waals surface area contributed by atoms with Crippen LogP contribution in [-0.4, -0.2) is 12.1 Å². The molecule has 106 valence electrons. The van der Waals surface area contributed by atoms with E-state index in [4.69, 9.17) is 16.3 Å². The van der Waals surface area contributed by atoms with E-state index in [9.17, 15) is 0 Å². The maximum atomic E-state index is 6.01. The second-order valence-electron chi connectivity index (χ2n) is 4.69. The molecule has 0 atom stereocenters. The number of aromatic nitrogens is 1. The van der Waals surface area contributed by atoms with Gasteiger partial charge in [0.25, 0.3) is 0 Å². The first-order valence-electron chi connectivity index (χ1n) is 6.68. The molecule has 21 heavy (non-hydrogen) atoms. The average molecular weight is 299 g/mol. The summed E-state index contributed by atoms with van der Waals surface area (Å²) < 4.78 is 5.37. The quantitative estimate of drug-likeness (QED) is 0.769.